The van der Waals surface area contributed by atoms with Crippen LogP contribution < -0.4 is 16.0 Å². The molecular formula is C22H18N4O4. The number of hydrogen-bond donors (Lipinski definition) is 2. The van der Waals surface area contributed by atoms with Crippen LogP contribution in [0.15, 0.2) is 72.8 Å². The second kappa shape index (κ2) is 7.67. The van der Waals surface area contributed by atoms with Crippen molar-refractivity contribution < 1.29 is 14.5 Å². The number of nitro groups is 1. The van der Waals surface area contributed by atoms with E-state index in [4.69, 9.17) is 5.73 Å². The molecule has 1 aliphatic rings. The summed E-state index contributed by atoms with van der Waals surface area (Å²) in [6, 6.07) is 19.9. The normalized spacial score (nSPS) is 15.3. The third kappa shape index (κ3) is 3.58. The van der Waals surface area contributed by atoms with Crippen molar-refractivity contribution in [1.29, 1.82) is 0 Å². The van der Waals surface area contributed by atoms with Crippen molar-refractivity contribution in [3.8, 4) is 0 Å². The first-order valence-electron chi connectivity index (χ1n) is 9.23. The lowest BCUT2D eigenvalue weighted by Gasteiger charge is -2.38. The van der Waals surface area contributed by atoms with E-state index in [-0.39, 0.29) is 11.6 Å². The van der Waals surface area contributed by atoms with Gasteiger partial charge >= 0.3 is 0 Å². The predicted molar refractivity (Wildman–Crippen MR) is 112 cm³/mol. The van der Waals surface area contributed by atoms with E-state index < -0.39 is 16.9 Å². The van der Waals surface area contributed by atoms with Crippen LogP contribution in [0, 0.1) is 10.1 Å². The van der Waals surface area contributed by atoms with Crippen LogP contribution in [0.1, 0.15) is 27.5 Å². The van der Waals surface area contributed by atoms with Crippen LogP contribution in [0.25, 0.3) is 0 Å². The largest absolute Gasteiger partial charge is 0.366 e. The number of primary amides is 1. The average Bonchev–Trinajstić information content (AvgIpc) is 2.74. The number of nitrogens with one attached hydrogen (secondary N) is 1. The fourth-order valence-corrected chi connectivity index (χ4v) is 3.58. The zero-order chi connectivity index (χ0) is 21.3. The van der Waals surface area contributed by atoms with Crippen LogP contribution in [0.4, 0.5) is 17.1 Å². The summed E-state index contributed by atoms with van der Waals surface area (Å²) in [6.45, 7) is 0.341. The molecular weight excluding hydrogens is 384 g/mol. The Kier molecular flexibility index (Phi) is 4.89. The van der Waals surface area contributed by atoms with Crippen LogP contribution in [-0.2, 0) is 11.3 Å². The van der Waals surface area contributed by atoms with E-state index in [0.717, 1.165) is 16.8 Å². The second-order valence-electron chi connectivity index (χ2n) is 6.95. The zero-order valence-corrected chi connectivity index (χ0v) is 15.8. The van der Waals surface area contributed by atoms with Crippen LogP contribution in [-0.4, -0.2) is 16.7 Å². The van der Waals surface area contributed by atoms with Gasteiger partial charge in [-0.05, 0) is 29.3 Å². The van der Waals surface area contributed by atoms with Crippen molar-refractivity contribution in [3.05, 3.63) is 99.6 Å². The summed E-state index contributed by atoms with van der Waals surface area (Å²) in [5.41, 5.74) is 8.50. The lowest BCUT2D eigenvalue weighted by atomic mass is 9.98. The molecule has 8 heteroatoms. The van der Waals surface area contributed by atoms with Gasteiger partial charge in [0.1, 0.15) is 6.04 Å². The van der Waals surface area contributed by atoms with E-state index >= 15 is 0 Å². The molecule has 0 saturated heterocycles. The molecule has 3 aromatic rings. The van der Waals surface area contributed by atoms with Gasteiger partial charge in [0.15, 0.2) is 0 Å². The summed E-state index contributed by atoms with van der Waals surface area (Å²) in [5, 5.41) is 13.8. The van der Waals surface area contributed by atoms with Crippen molar-refractivity contribution in [3.63, 3.8) is 0 Å². The molecule has 1 aliphatic heterocycles. The van der Waals surface area contributed by atoms with Gasteiger partial charge in [-0.2, -0.15) is 0 Å². The van der Waals surface area contributed by atoms with E-state index in [2.05, 4.69) is 5.32 Å². The lowest BCUT2D eigenvalue weighted by molar-refractivity contribution is -0.384. The van der Waals surface area contributed by atoms with Gasteiger partial charge in [-0.1, -0.05) is 42.5 Å². The summed E-state index contributed by atoms with van der Waals surface area (Å²) >= 11 is 0. The second-order valence-corrected chi connectivity index (χ2v) is 6.95. The Balaban J connectivity index is 1.78. The van der Waals surface area contributed by atoms with Gasteiger partial charge in [-0.15, -0.1) is 0 Å². The molecule has 0 saturated carbocycles. The number of nitro benzene ring substituents is 1. The van der Waals surface area contributed by atoms with E-state index in [1.54, 1.807) is 30.3 Å². The molecule has 0 unspecified atom stereocenters. The third-order valence-electron chi connectivity index (χ3n) is 5.02. The first kappa shape index (κ1) is 19.1. The molecule has 150 valence electrons. The van der Waals surface area contributed by atoms with Gasteiger partial charge in [0.25, 0.3) is 11.6 Å². The summed E-state index contributed by atoms with van der Waals surface area (Å²) in [7, 11) is 0. The van der Waals surface area contributed by atoms with E-state index in [1.165, 1.54) is 12.1 Å². The molecule has 0 aliphatic carbocycles. The highest BCUT2D eigenvalue weighted by atomic mass is 16.6. The lowest BCUT2D eigenvalue weighted by Crippen LogP contribution is -2.41. The number of hydrogen-bond acceptors (Lipinski definition) is 5. The van der Waals surface area contributed by atoms with Gasteiger partial charge in [0.05, 0.1) is 16.3 Å². The Morgan fingerprint density at radius 2 is 1.77 bits per heavy atom. The Labute approximate surface area is 172 Å². The van der Waals surface area contributed by atoms with Crippen LogP contribution in [0.3, 0.4) is 0 Å². The molecule has 8 nitrogen and oxygen atoms in total. The van der Waals surface area contributed by atoms with Gasteiger partial charge in [0, 0.05) is 24.2 Å². The summed E-state index contributed by atoms with van der Waals surface area (Å²) in [4.78, 5) is 37.0. The van der Waals surface area contributed by atoms with Crippen molar-refractivity contribution in [2.45, 2.75) is 12.6 Å². The smallest absolute Gasteiger partial charge is 0.269 e. The summed E-state index contributed by atoms with van der Waals surface area (Å²) in [5.74, 6) is -0.823. The highest BCUT2D eigenvalue weighted by Gasteiger charge is 2.34. The van der Waals surface area contributed by atoms with Gasteiger partial charge < -0.3 is 16.0 Å². The fraction of sp³-hybridized carbons (Fsp3) is 0.0909. The molecule has 3 N–H and O–H groups in total. The van der Waals surface area contributed by atoms with Gasteiger partial charge in [-0.25, -0.2) is 0 Å². The number of nitrogens with zero attached hydrogens (tertiary/aromatic N) is 2. The Morgan fingerprint density at radius 3 is 2.40 bits per heavy atom. The molecule has 4 rings (SSSR count). The van der Waals surface area contributed by atoms with E-state index in [9.17, 15) is 19.7 Å². The number of anilines is 2. The predicted octanol–water partition coefficient (Wildman–Crippen LogP) is 3.39. The Morgan fingerprint density at radius 1 is 1.07 bits per heavy atom. The maximum atomic E-state index is 13.0. The molecule has 3 aromatic carbocycles. The SMILES string of the molecule is NC(=O)c1ccc2c(c1)NC(=O)[C@H](c1ccccc1)N2Cc1ccc([N+](=O)[O-])cc1. The zero-order valence-electron chi connectivity index (χ0n) is 15.8. The first-order chi connectivity index (χ1) is 14.4. The van der Waals surface area contributed by atoms with Gasteiger partial charge in [0.2, 0.25) is 5.91 Å². The maximum Gasteiger partial charge on any atom is 0.269 e. The summed E-state index contributed by atoms with van der Waals surface area (Å²) < 4.78 is 0. The summed E-state index contributed by atoms with van der Waals surface area (Å²) in [6.07, 6.45) is 0. The Hall–Kier alpha value is -4.20. The monoisotopic (exact) mass is 402 g/mol. The number of fused-ring (bicyclic) bond motifs is 1. The highest BCUT2D eigenvalue weighted by molar-refractivity contribution is 6.06. The molecule has 0 radical (unpaired) electrons. The molecule has 1 heterocycles. The molecule has 30 heavy (non-hydrogen) atoms. The maximum absolute atomic E-state index is 13.0. The number of carbonyl (C=O) groups is 2. The Bertz CT molecular complexity index is 1130. The number of rotatable bonds is 5. The topological polar surface area (TPSA) is 119 Å². The molecule has 0 bridgehead atoms. The minimum atomic E-state index is -0.603. The first-order valence-corrected chi connectivity index (χ1v) is 9.23. The van der Waals surface area contributed by atoms with Crippen molar-refractivity contribution in [1.82, 2.24) is 0 Å². The molecule has 2 amide bonds. The standard InChI is InChI=1S/C22H18N4O4/c23-21(27)16-8-11-19-18(12-16)24-22(28)20(15-4-2-1-3-5-15)25(19)13-14-6-9-17(10-7-14)26(29)30/h1-12,20H,13H2,(H2,23,27)(H,24,28)/t20-/m0/s1. The minimum absolute atomic E-state index is 0.00115. The van der Waals surface area contributed by atoms with Crippen molar-refractivity contribution in [2.75, 3.05) is 10.2 Å². The highest BCUT2D eigenvalue weighted by Crippen LogP contribution is 2.40. The molecule has 0 spiro atoms. The fourth-order valence-electron chi connectivity index (χ4n) is 3.58. The van der Waals surface area contributed by atoms with Crippen molar-refractivity contribution >= 4 is 28.9 Å². The molecule has 0 aromatic heterocycles. The van der Waals surface area contributed by atoms with Crippen LogP contribution in [0.2, 0.25) is 0 Å². The van der Waals surface area contributed by atoms with Crippen LogP contribution >= 0.6 is 0 Å². The average molecular weight is 402 g/mol. The molecule has 0 fully saturated rings. The van der Waals surface area contributed by atoms with E-state index in [1.807, 2.05) is 35.2 Å². The minimum Gasteiger partial charge on any atom is -0.366 e. The van der Waals surface area contributed by atoms with Crippen LogP contribution in [0.5, 0.6) is 0 Å². The number of non-ortho nitro benzene ring substituents is 1. The number of benzene rings is 3. The quantitative estimate of drug-likeness (QED) is 0.501. The third-order valence-corrected chi connectivity index (χ3v) is 5.02. The number of carbonyl (C=O) groups excluding carboxylic acids is 2. The molecule has 1 atom stereocenters. The number of amides is 2. The van der Waals surface area contributed by atoms with Crippen molar-refractivity contribution in [2.24, 2.45) is 5.73 Å². The van der Waals surface area contributed by atoms with Gasteiger partial charge in [-0.3, -0.25) is 19.7 Å². The van der Waals surface area contributed by atoms with E-state index in [0.29, 0.717) is 17.8 Å². The number of nitrogens with two attached hydrogens (primary N) is 1.